The second-order valence-electron chi connectivity index (χ2n) is 3.68. The van der Waals surface area contributed by atoms with Crippen LogP contribution in [0.3, 0.4) is 0 Å². The molecule has 0 aromatic rings. The third-order valence-corrected chi connectivity index (χ3v) is 2.73. The van der Waals surface area contributed by atoms with E-state index < -0.39 is 0 Å². The molecule has 0 amide bonds. The number of nitrogens with zero attached hydrogens (tertiary/aromatic N) is 3. The Morgan fingerprint density at radius 3 is 1.33 bits per heavy atom. The van der Waals surface area contributed by atoms with Crippen LogP contribution in [0.1, 0.15) is 38.5 Å². The summed E-state index contributed by atoms with van der Waals surface area (Å²) in [5, 5.41) is 25.7. The monoisotopic (exact) mass is 204 g/mol. The summed E-state index contributed by atoms with van der Waals surface area (Å²) in [6.07, 6.45) is 3.37. The minimum atomic E-state index is -0.193. The van der Waals surface area contributed by atoms with Crippen LogP contribution in [0, 0.1) is 39.4 Å². The summed E-state index contributed by atoms with van der Waals surface area (Å²) < 4.78 is 0. The van der Waals surface area contributed by atoms with Gasteiger partial charge in [-0.2, -0.15) is 15.8 Å². The van der Waals surface area contributed by atoms with Gasteiger partial charge in [-0.3, -0.25) is 0 Å². The van der Waals surface area contributed by atoms with Gasteiger partial charge in [-0.15, -0.1) is 0 Å². The molecule has 0 aromatic heterocycles. The number of nitrogens with two attached hydrogens (primary N) is 1. The predicted molar refractivity (Wildman–Crippen MR) is 56.0 cm³/mol. The Kier molecular flexibility index (Phi) is 6.98. The lowest BCUT2D eigenvalue weighted by Crippen LogP contribution is -2.30. The molecule has 4 heteroatoms. The fourth-order valence-electron chi connectivity index (χ4n) is 1.64. The van der Waals surface area contributed by atoms with Crippen molar-refractivity contribution in [1.29, 1.82) is 15.8 Å². The second-order valence-corrected chi connectivity index (χ2v) is 3.68. The zero-order valence-electron chi connectivity index (χ0n) is 8.87. The molecular weight excluding hydrogens is 188 g/mol. The average molecular weight is 204 g/mol. The molecule has 2 N–H and O–H groups in total. The maximum Gasteiger partial charge on any atom is 0.0621 e. The van der Waals surface area contributed by atoms with Crippen LogP contribution >= 0.6 is 0 Å². The molecule has 0 aliphatic carbocycles. The quantitative estimate of drug-likeness (QED) is 0.684. The van der Waals surface area contributed by atoms with Crippen LogP contribution < -0.4 is 5.73 Å². The van der Waals surface area contributed by atoms with E-state index in [-0.39, 0.29) is 5.41 Å². The fourth-order valence-corrected chi connectivity index (χ4v) is 1.64. The summed E-state index contributed by atoms with van der Waals surface area (Å²) in [5.41, 5.74) is 5.51. The molecule has 0 radical (unpaired) electrons. The number of rotatable bonds is 7. The normalized spacial score (nSPS) is 10.0. The lowest BCUT2D eigenvalue weighted by atomic mass is 9.75. The van der Waals surface area contributed by atoms with Crippen molar-refractivity contribution in [3.63, 3.8) is 0 Å². The largest absolute Gasteiger partial charge is 0.330 e. The molecule has 0 aromatic carbocycles. The summed E-state index contributed by atoms with van der Waals surface area (Å²) in [6.45, 7) is 0.442. The van der Waals surface area contributed by atoms with Gasteiger partial charge in [0.05, 0.1) is 18.2 Å². The van der Waals surface area contributed by atoms with Crippen molar-refractivity contribution in [1.82, 2.24) is 0 Å². The van der Waals surface area contributed by atoms with Crippen molar-refractivity contribution in [3.05, 3.63) is 0 Å². The van der Waals surface area contributed by atoms with E-state index in [9.17, 15) is 0 Å². The van der Waals surface area contributed by atoms with E-state index in [1.54, 1.807) is 0 Å². The van der Waals surface area contributed by atoms with Crippen LogP contribution in [0.15, 0.2) is 0 Å². The van der Waals surface area contributed by atoms with E-state index in [4.69, 9.17) is 21.5 Å². The summed E-state index contributed by atoms with van der Waals surface area (Å²) >= 11 is 0. The predicted octanol–water partition coefficient (Wildman–Crippen LogP) is 1.84. The van der Waals surface area contributed by atoms with Gasteiger partial charge in [0.1, 0.15) is 0 Å². The average Bonchev–Trinajstić information content (AvgIpc) is 2.29. The molecule has 0 aliphatic rings. The van der Waals surface area contributed by atoms with Gasteiger partial charge in [0.2, 0.25) is 0 Å². The van der Waals surface area contributed by atoms with Gasteiger partial charge >= 0.3 is 0 Å². The Morgan fingerprint density at radius 2 is 1.13 bits per heavy atom. The summed E-state index contributed by atoms with van der Waals surface area (Å²) in [4.78, 5) is 0. The van der Waals surface area contributed by atoms with Gasteiger partial charge in [-0.05, 0) is 31.2 Å². The van der Waals surface area contributed by atoms with Gasteiger partial charge in [0.15, 0.2) is 0 Å². The molecule has 0 aliphatic heterocycles. The highest BCUT2D eigenvalue weighted by Gasteiger charge is 2.27. The Bertz CT molecular complexity index is 244. The van der Waals surface area contributed by atoms with E-state index in [0.717, 1.165) is 0 Å². The molecule has 0 saturated carbocycles. The van der Waals surface area contributed by atoms with E-state index in [0.29, 0.717) is 45.1 Å². The maximum atomic E-state index is 8.56. The zero-order chi connectivity index (χ0) is 11.6. The molecule has 80 valence electrons. The molecule has 0 unspecified atom stereocenters. The summed E-state index contributed by atoms with van der Waals surface area (Å²) in [7, 11) is 0. The van der Waals surface area contributed by atoms with Crippen molar-refractivity contribution in [2.24, 2.45) is 11.1 Å². The lowest BCUT2D eigenvalue weighted by Gasteiger charge is -2.30. The fraction of sp³-hybridized carbons (Fsp3) is 0.727. The third-order valence-electron chi connectivity index (χ3n) is 2.73. The van der Waals surface area contributed by atoms with Crippen LogP contribution in [-0.2, 0) is 0 Å². The molecule has 15 heavy (non-hydrogen) atoms. The van der Waals surface area contributed by atoms with Crippen molar-refractivity contribution in [3.8, 4) is 18.2 Å². The van der Waals surface area contributed by atoms with Gasteiger partial charge in [-0.1, -0.05) is 0 Å². The molecule has 0 heterocycles. The van der Waals surface area contributed by atoms with Crippen molar-refractivity contribution in [2.45, 2.75) is 38.5 Å². The first-order valence-corrected chi connectivity index (χ1v) is 5.05. The van der Waals surface area contributed by atoms with Crippen molar-refractivity contribution >= 4 is 0 Å². The lowest BCUT2D eigenvalue weighted by molar-refractivity contribution is 0.237. The highest BCUT2D eigenvalue weighted by atomic mass is 14.6. The summed E-state index contributed by atoms with van der Waals surface area (Å²) in [5.74, 6) is 0. The van der Waals surface area contributed by atoms with Gasteiger partial charge in [0.25, 0.3) is 0 Å². The molecular formula is C11H16N4. The van der Waals surface area contributed by atoms with Crippen LogP contribution in [0.5, 0.6) is 0 Å². The van der Waals surface area contributed by atoms with Gasteiger partial charge in [-0.25, -0.2) is 0 Å². The molecule has 0 rings (SSSR count). The standard InChI is InChI=1S/C11H16N4/c12-7-1-4-11(10-15,5-2-8-13)6-3-9-14/h1-6,10,15H2. The highest BCUT2D eigenvalue weighted by molar-refractivity contribution is 4.90. The molecule has 0 fully saturated rings. The smallest absolute Gasteiger partial charge is 0.0621 e. The first kappa shape index (κ1) is 13.4. The van der Waals surface area contributed by atoms with Crippen LogP contribution in [0.25, 0.3) is 0 Å². The van der Waals surface area contributed by atoms with E-state index in [2.05, 4.69) is 18.2 Å². The van der Waals surface area contributed by atoms with E-state index in [1.807, 2.05) is 0 Å². The number of nitriles is 3. The topological polar surface area (TPSA) is 97.4 Å². The number of hydrogen-bond donors (Lipinski definition) is 1. The van der Waals surface area contributed by atoms with Crippen LogP contribution in [-0.4, -0.2) is 6.54 Å². The Labute approximate surface area is 90.9 Å². The first-order valence-electron chi connectivity index (χ1n) is 5.05. The zero-order valence-corrected chi connectivity index (χ0v) is 8.87. The van der Waals surface area contributed by atoms with Gasteiger partial charge in [0, 0.05) is 19.3 Å². The van der Waals surface area contributed by atoms with Crippen molar-refractivity contribution in [2.75, 3.05) is 6.54 Å². The Morgan fingerprint density at radius 1 is 0.800 bits per heavy atom. The number of hydrogen-bond acceptors (Lipinski definition) is 4. The minimum absolute atomic E-state index is 0.193. The van der Waals surface area contributed by atoms with Crippen molar-refractivity contribution < 1.29 is 0 Å². The minimum Gasteiger partial charge on any atom is -0.330 e. The van der Waals surface area contributed by atoms with Gasteiger partial charge < -0.3 is 5.73 Å². The highest BCUT2D eigenvalue weighted by Crippen LogP contribution is 2.33. The van der Waals surface area contributed by atoms with Crippen LogP contribution in [0.2, 0.25) is 0 Å². The molecule has 0 spiro atoms. The Hall–Kier alpha value is -1.57. The molecule has 4 nitrogen and oxygen atoms in total. The third kappa shape index (κ3) is 5.01. The molecule has 0 bridgehead atoms. The van der Waals surface area contributed by atoms with E-state index >= 15 is 0 Å². The summed E-state index contributed by atoms with van der Waals surface area (Å²) in [6, 6.07) is 6.27. The maximum absolute atomic E-state index is 8.56. The molecule has 0 atom stereocenters. The van der Waals surface area contributed by atoms with Crippen LogP contribution in [0.4, 0.5) is 0 Å². The molecule has 0 saturated heterocycles. The Balaban J connectivity index is 4.40. The second kappa shape index (κ2) is 7.80. The van der Waals surface area contributed by atoms with E-state index in [1.165, 1.54) is 0 Å². The SMILES string of the molecule is N#CCCC(CN)(CCC#N)CCC#N. The first-order chi connectivity index (χ1) is 7.24.